The van der Waals surface area contributed by atoms with Gasteiger partial charge in [-0.2, -0.15) is 0 Å². The normalized spacial score (nSPS) is 13.5. The number of ether oxygens (including phenoxy) is 3. The van der Waals surface area contributed by atoms with Gasteiger partial charge in [-0.05, 0) is 42.8 Å². The van der Waals surface area contributed by atoms with Gasteiger partial charge in [0.15, 0.2) is 23.1 Å². The zero-order chi connectivity index (χ0) is 16.9. The lowest BCUT2D eigenvalue weighted by atomic mass is 10.1. The maximum absolute atomic E-state index is 13.6. The fourth-order valence-electron chi connectivity index (χ4n) is 2.32. The van der Waals surface area contributed by atoms with Gasteiger partial charge in [-0.1, -0.05) is 11.2 Å². The van der Waals surface area contributed by atoms with E-state index in [0.29, 0.717) is 30.2 Å². The molecule has 0 bridgehead atoms. The molecule has 0 unspecified atom stereocenters. The van der Waals surface area contributed by atoms with Crippen LogP contribution in [0.3, 0.4) is 0 Å². The molecule has 0 aliphatic carbocycles. The van der Waals surface area contributed by atoms with Gasteiger partial charge in [-0.3, -0.25) is 0 Å². The van der Waals surface area contributed by atoms with E-state index in [2.05, 4.69) is 5.16 Å². The van der Waals surface area contributed by atoms with Crippen molar-refractivity contribution in [1.82, 2.24) is 0 Å². The highest BCUT2D eigenvalue weighted by Crippen LogP contribution is 2.31. The van der Waals surface area contributed by atoms with Crippen molar-refractivity contribution >= 4 is 5.71 Å². The van der Waals surface area contributed by atoms with E-state index in [0.717, 1.165) is 11.3 Å². The lowest BCUT2D eigenvalue weighted by Crippen LogP contribution is -2.15. The van der Waals surface area contributed by atoms with Gasteiger partial charge in [0.1, 0.15) is 19.8 Å². The number of halogens is 1. The van der Waals surface area contributed by atoms with Gasteiger partial charge in [-0.25, -0.2) is 4.39 Å². The van der Waals surface area contributed by atoms with E-state index >= 15 is 0 Å². The highest BCUT2D eigenvalue weighted by Gasteiger charge is 2.12. The first-order chi connectivity index (χ1) is 11.7. The summed E-state index contributed by atoms with van der Waals surface area (Å²) in [7, 11) is 1.43. The van der Waals surface area contributed by atoms with Crippen LogP contribution in [-0.4, -0.2) is 26.0 Å². The number of hydrogen-bond donors (Lipinski definition) is 0. The molecule has 0 N–H and O–H groups in total. The molecule has 1 heterocycles. The van der Waals surface area contributed by atoms with Crippen LogP contribution in [0.2, 0.25) is 0 Å². The van der Waals surface area contributed by atoms with E-state index in [-0.39, 0.29) is 12.4 Å². The summed E-state index contributed by atoms with van der Waals surface area (Å²) in [6.07, 6.45) is 0. The number of nitrogens with zero attached hydrogens (tertiary/aromatic N) is 1. The Kier molecular flexibility index (Phi) is 4.84. The second-order valence-electron chi connectivity index (χ2n) is 5.28. The summed E-state index contributed by atoms with van der Waals surface area (Å²) in [5, 5.41) is 4.08. The Bertz CT molecular complexity index is 761. The summed E-state index contributed by atoms with van der Waals surface area (Å²) in [5.74, 6) is 1.21. The maximum Gasteiger partial charge on any atom is 0.165 e. The molecule has 2 aromatic carbocycles. The van der Waals surface area contributed by atoms with Gasteiger partial charge < -0.3 is 19.0 Å². The second kappa shape index (κ2) is 7.21. The van der Waals surface area contributed by atoms with Crippen molar-refractivity contribution in [3.8, 4) is 17.2 Å². The molecule has 5 nitrogen and oxygen atoms in total. The molecular formula is C18H18FNO4. The molecular weight excluding hydrogens is 313 g/mol. The molecule has 0 atom stereocenters. The topological polar surface area (TPSA) is 49.3 Å². The number of benzene rings is 2. The molecule has 6 heteroatoms. The molecule has 0 amide bonds. The first-order valence-electron chi connectivity index (χ1n) is 7.56. The quantitative estimate of drug-likeness (QED) is 0.621. The average Bonchev–Trinajstić information content (AvgIpc) is 2.61. The van der Waals surface area contributed by atoms with Crippen LogP contribution in [0.15, 0.2) is 41.6 Å². The van der Waals surface area contributed by atoms with Gasteiger partial charge >= 0.3 is 0 Å². The van der Waals surface area contributed by atoms with Crippen LogP contribution in [0.25, 0.3) is 0 Å². The van der Waals surface area contributed by atoms with Crippen molar-refractivity contribution in [1.29, 1.82) is 0 Å². The van der Waals surface area contributed by atoms with Crippen LogP contribution in [0, 0.1) is 5.82 Å². The van der Waals surface area contributed by atoms with Crippen LogP contribution in [0.1, 0.15) is 18.1 Å². The van der Waals surface area contributed by atoms with Crippen LogP contribution >= 0.6 is 0 Å². The third kappa shape index (κ3) is 3.59. The first-order valence-corrected chi connectivity index (χ1v) is 7.56. The molecule has 1 aliphatic heterocycles. The minimum atomic E-state index is -0.425. The third-order valence-corrected chi connectivity index (χ3v) is 3.61. The van der Waals surface area contributed by atoms with Crippen molar-refractivity contribution in [2.45, 2.75) is 13.5 Å². The SMILES string of the molecule is COc1ccc(CON=C(C)c2ccc3c(c2)OCCO3)cc1F. The molecule has 0 aromatic heterocycles. The number of methoxy groups -OCH3 is 1. The van der Waals surface area contributed by atoms with E-state index in [4.69, 9.17) is 19.0 Å². The highest BCUT2D eigenvalue weighted by atomic mass is 19.1. The minimum Gasteiger partial charge on any atom is -0.494 e. The van der Waals surface area contributed by atoms with Gasteiger partial charge in [0.2, 0.25) is 0 Å². The van der Waals surface area contributed by atoms with Gasteiger partial charge in [0, 0.05) is 5.56 Å². The molecule has 126 valence electrons. The van der Waals surface area contributed by atoms with Crippen molar-refractivity contribution < 1.29 is 23.4 Å². The number of oxime groups is 1. The molecule has 3 rings (SSSR count). The Balaban J connectivity index is 1.65. The smallest absolute Gasteiger partial charge is 0.165 e. The fourth-order valence-corrected chi connectivity index (χ4v) is 2.32. The molecule has 1 aliphatic rings. The van der Waals surface area contributed by atoms with E-state index in [1.54, 1.807) is 12.1 Å². The average molecular weight is 331 g/mol. The number of hydrogen-bond acceptors (Lipinski definition) is 5. The molecule has 2 aromatic rings. The Morgan fingerprint density at radius 3 is 2.67 bits per heavy atom. The Hall–Kier alpha value is -2.76. The van der Waals surface area contributed by atoms with Gasteiger partial charge in [-0.15, -0.1) is 0 Å². The predicted octanol–water partition coefficient (Wildman–Crippen LogP) is 3.55. The van der Waals surface area contributed by atoms with E-state index in [1.165, 1.54) is 13.2 Å². The Morgan fingerprint density at radius 2 is 1.92 bits per heavy atom. The van der Waals surface area contributed by atoms with Gasteiger partial charge in [0.25, 0.3) is 0 Å². The molecule has 0 saturated carbocycles. The molecule has 0 radical (unpaired) electrons. The lowest BCUT2D eigenvalue weighted by molar-refractivity contribution is 0.130. The number of fused-ring (bicyclic) bond motifs is 1. The Morgan fingerprint density at radius 1 is 1.12 bits per heavy atom. The lowest BCUT2D eigenvalue weighted by Gasteiger charge is -2.18. The van der Waals surface area contributed by atoms with Gasteiger partial charge in [0.05, 0.1) is 12.8 Å². The van der Waals surface area contributed by atoms with Crippen molar-refractivity contribution in [2.75, 3.05) is 20.3 Å². The maximum atomic E-state index is 13.6. The summed E-state index contributed by atoms with van der Waals surface area (Å²) in [6, 6.07) is 10.3. The molecule has 0 fully saturated rings. The minimum absolute atomic E-state index is 0.169. The van der Waals surface area contributed by atoms with Crippen molar-refractivity contribution in [2.24, 2.45) is 5.16 Å². The van der Waals surface area contributed by atoms with Crippen molar-refractivity contribution in [3.05, 3.63) is 53.3 Å². The van der Waals surface area contributed by atoms with E-state index in [1.807, 2.05) is 25.1 Å². The highest BCUT2D eigenvalue weighted by molar-refractivity contribution is 5.98. The number of rotatable bonds is 5. The van der Waals surface area contributed by atoms with Crippen LogP contribution in [0.5, 0.6) is 17.2 Å². The summed E-state index contributed by atoms with van der Waals surface area (Å²) < 4.78 is 29.5. The van der Waals surface area contributed by atoms with E-state index < -0.39 is 5.82 Å². The standard InChI is InChI=1S/C18H18FNO4/c1-12(14-4-6-17-18(10-14)23-8-7-22-17)20-24-11-13-3-5-16(21-2)15(19)9-13/h3-6,9-10H,7-8,11H2,1-2H3. The molecule has 0 saturated heterocycles. The third-order valence-electron chi connectivity index (χ3n) is 3.61. The fraction of sp³-hybridized carbons (Fsp3) is 0.278. The zero-order valence-electron chi connectivity index (χ0n) is 13.5. The van der Waals surface area contributed by atoms with Crippen molar-refractivity contribution in [3.63, 3.8) is 0 Å². The summed E-state index contributed by atoms with van der Waals surface area (Å²) >= 11 is 0. The summed E-state index contributed by atoms with van der Waals surface area (Å²) in [6.45, 7) is 3.09. The second-order valence-corrected chi connectivity index (χ2v) is 5.28. The van der Waals surface area contributed by atoms with Crippen LogP contribution in [0.4, 0.5) is 4.39 Å². The van der Waals surface area contributed by atoms with Crippen LogP contribution < -0.4 is 14.2 Å². The monoisotopic (exact) mass is 331 g/mol. The predicted molar refractivity (Wildman–Crippen MR) is 87.4 cm³/mol. The molecule has 0 spiro atoms. The summed E-state index contributed by atoms with van der Waals surface area (Å²) in [4.78, 5) is 5.32. The zero-order valence-corrected chi connectivity index (χ0v) is 13.5. The Labute approximate surface area is 139 Å². The largest absolute Gasteiger partial charge is 0.494 e. The van der Waals surface area contributed by atoms with E-state index in [9.17, 15) is 4.39 Å². The van der Waals surface area contributed by atoms with Crippen LogP contribution in [-0.2, 0) is 11.4 Å². The first kappa shape index (κ1) is 16.1. The molecule has 24 heavy (non-hydrogen) atoms. The summed E-state index contributed by atoms with van der Waals surface area (Å²) in [5.41, 5.74) is 2.24.